The molecule has 0 radical (unpaired) electrons. The predicted octanol–water partition coefficient (Wildman–Crippen LogP) is 1.32. The van der Waals surface area contributed by atoms with Crippen molar-refractivity contribution in [2.24, 2.45) is 5.73 Å². The van der Waals surface area contributed by atoms with Crippen LogP contribution in [0, 0.1) is 0 Å². The van der Waals surface area contributed by atoms with Gasteiger partial charge >= 0.3 is 0 Å². The minimum absolute atomic E-state index is 0.0891. The summed E-state index contributed by atoms with van der Waals surface area (Å²) >= 11 is 1.62. The van der Waals surface area contributed by atoms with E-state index in [1.807, 2.05) is 11.7 Å². The van der Waals surface area contributed by atoms with Crippen LogP contribution >= 0.6 is 11.3 Å². The molecule has 3 nitrogen and oxygen atoms in total. The van der Waals surface area contributed by atoms with Crippen molar-refractivity contribution >= 4 is 11.3 Å². The van der Waals surface area contributed by atoms with Gasteiger partial charge in [0.15, 0.2) is 0 Å². The number of hydrogen-bond acceptors (Lipinski definition) is 4. The van der Waals surface area contributed by atoms with Crippen molar-refractivity contribution in [3.8, 4) is 0 Å². The lowest BCUT2D eigenvalue weighted by Gasteiger charge is -2.27. The average Bonchev–Trinajstić information content (AvgIpc) is 2.57. The summed E-state index contributed by atoms with van der Waals surface area (Å²) < 4.78 is 5.58. The lowest BCUT2D eigenvalue weighted by Crippen LogP contribution is -2.33. The van der Waals surface area contributed by atoms with Crippen LogP contribution in [0.25, 0.3) is 0 Å². The maximum Gasteiger partial charge on any atom is 0.108 e. The smallest absolute Gasteiger partial charge is 0.108 e. The second kappa shape index (κ2) is 3.51. The van der Waals surface area contributed by atoms with Crippen LogP contribution < -0.4 is 5.73 Å². The van der Waals surface area contributed by atoms with Gasteiger partial charge in [0, 0.05) is 18.8 Å². The SMILES string of the molecule is NC1CCCOC1c1cncs1. The van der Waals surface area contributed by atoms with Crippen molar-refractivity contribution < 1.29 is 4.74 Å². The van der Waals surface area contributed by atoms with E-state index in [0.717, 1.165) is 24.3 Å². The lowest BCUT2D eigenvalue weighted by atomic mass is 10.0. The van der Waals surface area contributed by atoms with E-state index in [9.17, 15) is 0 Å². The molecule has 4 heteroatoms. The molecule has 1 fully saturated rings. The van der Waals surface area contributed by atoms with Crippen LogP contribution in [0.4, 0.5) is 0 Å². The Morgan fingerprint density at radius 2 is 2.58 bits per heavy atom. The lowest BCUT2D eigenvalue weighted by molar-refractivity contribution is 0.00223. The summed E-state index contributed by atoms with van der Waals surface area (Å²) in [5.74, 6) is 0. The highest BCUT2D eigenvalue weighted by atomic mass is 32.1. The summed E-state index contributed by atoms with van der Waals surface area (Å²) in [6.07, 6.45) is 4.07. The Balaban J connectivity index is 2.11. The molecule has 0 bridgehead atoms. The maximum atomic E-state index is 5.92. The van der Waals surface area contributed by atoms with Gasteiger partial charge in [-0.05, 0) is 12.8 Å². The Labute approximate surface area is 75.6 Å². The van der Waals surface area contributed by atoms with Gasteiger partial charge in [-0.25, -0.2) is 0 Å². The minimum atomic E-state index is 0.0891. The van der Waals surface area contributed by atoms with Crippen molar-refractivity contribution in [1.29, 1.82) is 0 Å². The molecule has 1 aliphatic heterocycles. The minimum Gasteiger partial charge on any atom is -0.371 e. The molecule has 0 saturated carbocycles. The molecule has 2 unspecified atom stereocenters. The second-order valence-electron chi connectivity index (χ2n) is 3.00. The van der Waals surface area contributed by atoms with Crippen LogP contribution in [0.15, 0.2) is 11.7 Å². The van der Waals surface area contributed by atoms with E-state index < -0.39 is 0 Å². The second-order valence-corrected chi connectivity index (χ2v) is 3.92. The molecule has 1 saturated heterocycles. The third-order valence-corrected chi connectivity index (χ3v) is 2.94. The van der Waals surface area contributed by atoms with Gasteiger partial charge in [-0.3, -0.25) is 4.98 Å². The Kier molecular flexibility index (Phi) is 2.39. The quantitative estimate of drug-likeness (QED) is 0.716. The standard InChI is InChI=1S/C8H12N2OS/c9-6-2-1-3-11-8(6)7-4-10-5-12-7/h4-6,8H,1-3,9H2. The molecule has 1 aromatic heterocycles. The van der Waals surface area contributed by atoms with E-state index in [1.165, 1.54) is 0 Å². The number of rotatable bonds is 1. The maximum absolute atomic E-state index is 5.92. The van der Waals surface area contributed by atoms with Crippen LogP contribution in [0.2, 0.25) is 0 Å². The molecule has 0 amide bonds. The molecule has 1 aliphatic rings. The first-order chi connectivity index (χ1) is 5.88. The third-order valence-electron chi connectivity index (χ3n) is 2.10. The molecular weight excluding hydrogens is 172 g/mol. The predicted molar refractivity (Wildman–Crippen MR) is 48.0 cm³/mol. The van der Waals surface area contributed by atoms with Crippen molar-refractivity contribution in [3.63, 3.8) is 0 Å². The van der Waals surface area contributed by atoms with Gasteiger partial charge in [-0.15, -0.1) is 11.3 Å². The monoisotopic (exact) mass is 184 g/mol. The molecule has 2 rings (SSSR count). The van der Waals surface area contributed by atoms with Gasteiger partial charge in [0.05, 0.1) is 10.4 Å². The number of hydrogen-bond donors (Lipinski definition) is 1. The zero-order valence-electron chi connectivity index (χ0n) is 6.77. The van der Waals surface area contributed by atoms with E-state index in [-0.39, 0.29) is 12.1 Å². The molecule has 1 aromatic rings. The van der Waals surface area contributed by atoms with Crippen molar-refractivity contribution in [1.82, 2.24) is 4.98 Å². The normalized spacial score (nSPS) is 30.4. The molecule has 2 heterocycles. The molecule has 0 aromatic carbocycles. The summed E-state index contributed by atoms with van der Waals surface area (Å²) in [6, 6.07) is 0.152. The Morgan fingerprint density at radius 3 is 3.25 bits per heavy atom. The highest BCUT2D eigenvalue weighted by Gasteiger charge is 2.24. The number of nitrogens with zero attached hydrogens (tertiary/aromatic N) is 1. The summed E-state index contributed by atoms with van der Waals surface area (Å²) in [5.41, 5.74) is 7.74. The van der Waals surface area contributed by atoms with Crippen LogP contribution in [0.1, 0.15) is 23.8 Å². The molecule has 2 atom stereocenters. The van der Waals surface area contributed by atoms with Crippen molar-refractivity contribution in [2.75, 3.05) is 6.61 Å². The molecule has 0 aliphatic carbocycles. The van der Waals surface area contributed by atoms with Gasteiger partial charge in [0.25, 0.3) is 0 Å². The zero-order chi connectivity index (χ0) is 8.39. The van der Waals surface area contributed by atoms with E-state index in [4.69, 9.17) is 10.5 Å². The summed E-state index contributed by atoms with van der Waals surface area (Å²) in [6.45, 7) is 0.830. The summed E-state index contributed by atoms with van der Waals surface area (Å²) in [5, 5.41) is 0. The van der Waals surface area contributed by atoms with Gasteiger partial charge < -0.3 is 10.5 Å². The number of aromatic nitrogens is 1. The first kappa shape index (κ1) is 8.16. The van der Waals surface area contributed by atoms with E-state index >= 15 is 0 Å². The van der Waals surface area contributed by atoms with Gasteiger partial charge in [-0.1, -0.05) is 0 Å². The molecule has 12 heavy (non-hydrogen) atoms. The summed E-state index contributed by atoms with van der Waals surface area (Å²) in [7, 11) is 0. The van der Waals surface area contributed by atoms with E-state index in [1.54, 1.807) is 11.3 Å². The first-order valence-corrected chi connectivity index (χ1v) is 5.01. The van der Waals surface area contributed by atoms with Crippen LogP contribution in [-0.2, 0) is 4.74 Å². The average molecular weight is 184 g/mol. The highest BCUT2D eigenvalue weighted by Crippen LogP contribution is 2.28. The van der Waals surface area contributed by atoms with Crippen molar-refractivity contribution in [3.05, 3.63) is 16.6 Å². The van der Waals surface area contributed by atoms with Gasteiger partial charge in [0.1, 0.15) is 6.10 Å². The molecule has 2 N–H and O–H groups in total. The molecular formula is C8H12N2OS. The topological polar surface area (TPSA) is 48.1 Å². The van der Waals surface area contributed by atoms with Crippen molar-refractivity contribution in [2.45, 2.75) is 25.0 Å². The third kappa shape index (κ3) is 1.50. The number of ether oxygens (including phenoxy) is 1. The van der Waals surface area contributed by atoms with E-state index in [0.29, 0.717) is 0 Å². The number of nitrogens with two attached hydrogens (primary N) is 1. The fourth-order valence-corrected chi connectivity index (χ4v) is 2.21. The van der Waals surface area contributed by atoms with E-state index in [2.05, 4.69) is 4.98 Å². The fourth-order valence-electron chi connectivity index (χ4n) is 1.46. The Bertz CT molecular complexity index is 237. The Morgan fingerprint density at radius 1 is 1.67 bits per heavy atom. The zero-order valence-corrected chi connectivity index (χ0v) is 7.59. The van der Waals surface area contributed by atoms with Gasteiger partial charge in [0.2, 0.25) is 0 Å². The summed E-state index contributed by atoms with van der Waals surface area (Å²) in [4.78, 5) is 5.17. The largest absolute Gasteiger partial charge is 0.371 e. The first-order valence-electron chi connectivity index (χ1n) is 4.13. The highest BCUT2D eigenvalue weighted by molar-refractivity contribution is 7.09. The number of thiazole rings is 1. The molecule has 0 spiro atoms. The van der Waals surface area contributed by atoms with Crippen LogP contribution in [-0.4, -0.2) is 17.6 Å². The Hall–Kier alpha value is -0.450. The molecule has 66 valence electrons. The van der Waals surface area contributed by atoms with Gasteiger partial charge in [-0.2, -0.15) is 0 Å². The fraction of sp³-hybridized carbons (Fsp3) is 0.625. The van der Waals surface area contributed by atoms with Crippen LogP contribution in [0.5, 0.6) is 0 Å². The van der Waals surface area contributed by atoms with Crippen LogP contribution in [0.3, 0.4) is 0 Å².